The molecule has 0 saturated heterocycles. The van der Waals surface area contributed by atoms with Crippen LogP contribution < -0.4 is 19.7 Å². The second-order valence-corrected chi connectivity index (χ2v) is 8.77. The fourth-order valence-electron chi connectivity index (χ4n) is 5.01. The van der Waals surface area contributed by atoms with Gasteiger partial charge in [0, 0.05) is 23.6 Å². The number of alkyl halides is 3. The molecule has 2 heterocycles. The number of carbonyl (C=O) groups excluding carboxylic acids is 2. The molecule has 1 aliphatic carbocycles. The van der Waals surface area contributed by atoms with Gasteiger partial charge in [-0.25, -0.2) is 0 Å². The number of fused-ring (bicyclic) bond motifs is 1. The van der Waals surface area contributed by atoms with Crippen molar-refractivity contribution in [3.8, 4) is 11.5 Å². The van der Waals surface area contributed by atoms with E-state index < -0.39 is 18.1 Å². The lowest BCUT2D eigenvalue weighted by Gasteiger charge is -2.35. The van der Waals surface area contributed by atoms with Gasteiger partial charge in [-0.3, -0.25) is 14.5 Å². The van der Waals surface area contributed by atoms with Crippen LogP contribution in [-0.2, 0) is 9.59 Å². The molecule has 0 fully saturated rings. The van der Waals surface area contributed by atoms with Crippen molar-refractivity contribution in [3.63, 3.8) is 0 Å². The summed E-state index contributed by atoms with van der Waals surface area (Å²) in [7, 11) is 2.83. The van der Waals surface area contributed by atoms with E-state index in [4.69, 9.17) is 13.9 Å². The summed E-state index contributed by atoms with van der Waals surface area (Å²) in [6.07, 6.45) is -3.36. The molecule has 2 aliphatic rings. The van der Waals surface area contributed by atoms with Crippen LogP contribution in [0.5, 0.6) is 11.5 Å². The standard InChI is InChI=1S/C27H23F3N2O5/c1-35-22-10-9-15(14-23(22)36-2)25-24-18(12-16(13-20(24)33)21-8-5-11-37-21)31-17-6-3-4-7-19(17)32(25)26(34)27(28,29)30/h3-11,14,16,25,31H,12-13H2,1-2H3/t16-,25+/m1/s1. The van der Waals surface area contributed by atoms with E-state index in [1.807, 2.05) is 0 Å². The third-order valence-corrected chi connectivity index (χ3v) is 6.62. The molecule has 3 aromatic rings. The number of ketones is 1. The number of halogens is 3. The van der Waals surface area contributed by atoms with Crippen LogP contribution in [0.4, 0.5) is 24.5 Å². The van der Waals surface area contributed by atoms with Crippen molar-refractivity contribution < 1.29 is 36.7 Å². The van der Waals surface area contributed by atoms with Crippen molar-refractivity contribution in [2.45, 2.75) is 31.0 Å². The van der Waals surface area contributed by atoms with Gasteiger partial charge in [0.15, 0.2) is 17.3 Å². The lowest BCUT2D eigenvalue weighted by atomic mass is 9.80. The number of Topliss-reactive ketones (excluding diaryl/α,β-unsaturated/α-hetero) is 1. The average molecular weight is 512 g/mol. The number of nitrogens with zero attached hydrogens (tertiary/aromatic N) is 1. The van der Waals surface area contributed by atoms with Crippen molar-refractivity contribution in [1.29, 1.82) is 0 Å². The number of allylic oxidation sites excluding steroid dienone is 1. The minimum Gasteiger partial charge on any atom is -0.493 e. The predicted molar refractivity (Wildman–Crippen MR) is 129 cm³/mol. The number of rotatable bonds is 4. The summed E-state index contributed by atoms with van der Waals surface area (Å²) in [5, 5.41) is 3.17. The van der Waals surface area contributed by atoms with Crippen LogP contribution in [0.15, 0.2) is 76.5 Å². The Labute approximate surface area is 210 Å². The molecule has 0 spiro atoms. The van der Waals surface area contributed by atoms with Gasteiger partial charge in [0.05, 0.1) is 37.9 Å². The molecule has 1 amide bonds. The highest BCUT2D eigenvalue weighted by Crippen LogP contribution is 2.49. The third kappa shape index (κ3) is 4.32. The van der Waals surface area contributed by atoms with Crippen LogP contribution in [0, 0.1) is 0 Å². The minimum absolute atomic E-state index is 0.00126. The van der Waals surface area contributed by atoms with E-state index in [-0.39, 0.29) is 46.4 Å². The van der Waals surface area contributed by atoms with Crippen LogP contribution in [0.25, 0.3) is 0 Å². The molecule has 1 aliphatic heterocycles. The Balaban J connectivity index is 1.76. The second kappa shape index (κ2) is 9.34. The number of hydrogen-bond donors (Lipinski definition) is 1. The maximum Gasteiger partial charge on any atom is 0.471 e. The molecule has 1 N–H and O–H groups in total. The first-order valence-corrected chi connectivity index (χ1v) is 11.5. The lowest BCUT2D eigenvalue weighted by Crippen LogP contribution is -2.45. The zero-order valence-electron chi connectivity index (χ0n) is 20.0. The van der Waals surface area contributed by atoms with E-state index in [0.717, 1.165) is 0 Å². The number of amides is 1. The normalized spacial score (nSPS) is 19.5. The number of nitrogens with one attached hydrogen (secondary N) is 1. The van der Waals surface area contributed by atoms with Gasteiger partial charge in [-0.1, -0.05) is 18.2 Å². The Morgan fingerprint density at radius 2 is 1.78 bits per heavy atom. The fraction of sp³-hybridized carbons (Fsp3) is 0.259. The molecular formula is C27H23F3N2O5. The maximum absolute atomic E-state index is 14.0. The summed E-state index contributed by atoms with van der Waals surface area (Å²) in [5.74, 6) is -1.57. The molecule has 0 unspecified atom stereocenters. The van der Waals surface area contributed by atoms with Crippen LogP contribution in [0.2, 0.25) is 0 Å². The van der Waals surface area contributed by atoms with E-state index in [2.05, 4.69) is 5.32 Å². The molecule has 2 aromatic carbocycles. The summed E-state index contributed by atoms with van der Waals surface area (Å²) < 4.78 is 58.2. The SMILES string of the molecule is COc1ccc([C@H]2C3=C(C[C@@H](c4ccco4)CC3=O)Nc3ccccc3N2C(=O)C(F)(F)F)cc1OC. The molecule has 2 atom stereocenters. The summed E-state index contributed by atoms with van der Waals surface area (Å²) in [4.78, 5) is 27.3. The molecule has 0 bridgehead atoms. The lowest BCUT2D eigenvalue weighted by molar-refractivity contribution is -0.170. The summed E-state index contributed by atoms with van der Waals surface area (Å²) in [6, 6.07) is 12.9. The molecule has 0 saturated carbocycles. The zero-order chi connectivity index (χ0) is 26.3. The number of para-hydroxylation sites is 2. The van der Waals surface area contributed by atoms with E-state index in [9.17, 15) is 22.8 Å². The smallest absolute Gasteiger partial charge is 0.471 e. The molecule has 5 rings (SSSR count). The number of benzene rings is 2. The van der Waals surface area contributed by atoms with E-state index in [1.54, 1.807) is 30.3 Å². The Morgan fingerprint density at radius 1 is 1.03 bits per heavy atom. The van der Waals surface area contributed by atoms with E-state index >= 15 is 0 Å². The Morgan fingerprint density at radius 3 is 2.46 bits per heavy atom. The molecular weight excluding hydrogens is 489 g/mol. The molecule has 10 heteroatoms. The highest BCUT2D eigenvalue weighted by Gasteiger charge is 2.50. The number of ether oxygens (including phenoxy) is 2. The fourth-order valence-corrected chi connectivity index (χ4v) is 5.01. The number of methoxy groups -OCH3 is 2. The minimum atomic E-state index is -5.19. The van der Waals surface area contributed by atoms with Gasteiger partial charge in [-0.05, 0) is 48.4 Å². The zero-order valence-corrected chi connectivity index (χ0v) is 20.0. The van der Waals surface area contributed by atoms with Gasteiger partial charge in [0.1, 0.15) is 5.76 Å². The monoisotopic (exact) mass is 512 g/mol. The van der Waals surface area contributed by atoms with Crippen molar-refractivity contribution in [3.05, 3.63) is 83.5 Å². The number of furan rings is 1. The quantitative estimate of drug-likeness (QED) is 0.479. The molecule has 0 radical (unpaired) electrons. The summed E-state index contributed by atoms with van der Waals surface area (Å²) in [5.41, 5.74) is 1.07. The largest absolute Gasteiger partial charge is 0.493 e. The summed E-state index contributed by atoms with van der Waals surface area (Å²) >= 11 is 0. The first kappa shape index (κ1) is 24.5. The van der Waals surface area contributed by atoms with Gasteiger partial charge in [-0.2, -0.15) is 13.2 Å². The van der Waals surface area contributed by atoms with E-state index in [1.165, 1.54) is 44.7 Å². The van der Waals surface area contributed by atoms with Gasteiger partial charge < -0.3 is 19.2 Å². The Bertz CT molecular complexity index is 1380. The Hall–Kier alpha value is -4.21. The van der Waals surface area contributed by atoms with Crippen molar-refractivity contribution in [1.82, 2.24) is 0 Å². The van der Waals surface area contributed by atoms with Crippen LogP contribution in [0.3, 0.4) is 0 Å². The highest BCUT2D eigenvalue weighted by atomic mass is 19.4. The Kier molecular flexibility index (Phi) is 6.18. The van der Waals surface area contributed by atoms with Gasteiger partial charge in [0.2, 0.25) is 0 Å². The first-order chi connectivity index (χ1) is 17.7. The van der Waals surface area contributed by atoms with Gasteiger partial charge >= 0.3 is 12.1 Å². The molecule has 7 nitrogen and oxygen atoms in total. The van der Waals surface area contributed by atoms with Crippen molar-refractivity contribution in [2.24, 2.45) is 0 Å². The van der Waals surface area contributed by atoms with Gasteiger partial charge in [0.25, 0.3) is 0 Å². The van der Waals surface area contributed by atoms with Crippen LogP contribution >= 0.6 is 0 Å². The third-order valence-electron chi connectivity index (χ3n) is 6.62. The topological polar surface area (TPSA) is 81.0 Å². The maximum atomic E-state index is 14.0. The van der Waals surface area contributed by atoms with Crippen LogP contribution in [-0.4, -0.2) is 32.1 Å². The number of carbonyl (C=O) groups is 2. The number of hydrogen-bond acceptors (Lipinski definition) is 6. The first-order valence-electron chi connectivity index (χ1n) is 11.5. The van der Waals surface area contributed by atoms with Crippen LogP contribution in [0.1, 0.15) is 36.1 Å². The van der Waals surface area contributed by atoms with Crippen molar-refractivity contribution >= 4 is 23.1 Å². The van der Waals surface area contributed by atoms with Crippen molar-refractivity contribution in [2.75, 3.05) is 24.4 Å². The van der Waals surface area contributed by atoms with E-state index in [0.29, 0.717) is 28.5 Å². The highest BCUT2D eigenvalue weighted by molar-refractivity contribution is 6.07. The summed E-state index contributed by atoms with van der Waals surface area (Å²) in [6.45, 7) is 0. The van der Waals surface area contributed by atoms with Gasteiger partial charge in [-0.15, -0.1) is 0 Å². The molecule has 1 aromatic heterocycles. The predicted octanol–water partition coefficient (Wildman–Crippen LogP) is 5.76. The molecule has 192 valence electrons. The second-order valence-electron chi connectivity index (χ2n) is 8.77. The average Bonchev–Trinajstić information content (AvgIpc) is 3.37. The number of anilines is 2. The molecule has 37 heavy (non-hydrogen) atoms.